The number of carboxylic acid groups (broad SMARTS) is 1. The van der Waals surface area contributed by atoms with E-state index in [-0.39, 0.29) is 0 Å². The average molecular weight is 227 g/mol. The van der Waals surface area contributed by atoms with Gasteiger partial charge in [-0.25, -0.2) is 4.98 Å². The molecule has 2 rings (SSSR count). The molecule has 1 saturated heterocycles. The predicted molar refractivity (Wildman–Crippen MR) is 56.9 cm³/mol. The van der Waals surface area contributed by atoms with Crippen LogP contribution in [0.1, 0.15) is 11.0 Å². The van der Waals surface area contributed by atoms with E-state index in [1.54, 1.807) is 6.20 Å². The lowest BCUT2D eigenvalue weighted by atomic mass is 10.2. The third-order valence-corrected chi connectivity index (χ3v) is 3.26. The Kier molecular flexibility index (Phi) is 3.30. The summed E-state index contributed by atoms with van der Waals surface area (Å²) in [6, 6.07) is -0.577. The molecule has 1 aromatic heterocycles. The summed E-state index contributed by atoms with van der Waals surface area (Å²) in [4.78, 5) is 17.2. The normalized spacial score (nSPS) is 20.0. The monoisotopic (exact) mass is 227 g/mol. The summed E-state index contributed by atoms with van der Waals surface area (Å²) in [5.74, 6) is -0.813. The molecule has 15 heavy (non-hydrogen) atoms. The van der Waals surface area contributed by atoms with Gasteiger partial charge in [0.05, 0.1) is 0 Å². The first-order valence-electron chi connectivity index (χ1n) is 4.86. The molecule has 0 radical (unpaired) electrons. The van der Waals surface area contributed by atoms with Gasteiger partial charge in [-0.15, -0.1) is 11.3 Å². The fraction of sp³-hybridized carbons (Fsp3) is 0.556. The van der Waals surface area contributed by atoms with Crippen molar-refractivity contribution in [2.75, 3.05) is 26.2 Å². The number of aliphatic carboxylic acids is 1. The van der Waals surface area contributed by atoms with Crippen molar-refractivity contribution in [3.8, 4) is 0 Å². The van der Waals surface area contributed by atoms with Gasteiger partial charge in [0, 0.05) is 37.8 Å². The molecule has 5 nitrogen and oxygen atoms in total. The number of thiazole rings is 1. The first-order chi connectivity index (χ1) is 7.29. The number of hydrogen-bond donors (Lipinski definition) is 2. The second-order valence-electron chi connectivity index (χ2n) is 3.40. The van der Waals surface area contributed by atoms with Gasteiger partial charge in [0.2, 0.25) is 0 Å². The minimum absolute atomic E-state index is 0.577. The van der Waals surface area contributed by atoms with Crippen molar-refractivity contribution in [3.63, 3.8) is 0 Å². The van der Waals surface area contributed by atoms with Gasteiger partial charge in [-0.05, 0) is 0 Å². The van der Waals surface area contributed by atoms with Crippen LogP contribution >= 0.6 is 11.3 Å². The van der Waals surface area contributed by atoms with Gasteiger partial charge in [-0.2, -0.15) is 0 Å². The van der Waals surface area contributed by atoms with E-state index in [4.69, 9.17) is 0 Å². The molecule has 1 fully saturated rings. The van der Waals surface area contributed by atoms with E-state index >= 15 is 0 Å². The number of piperazine rings is 1. The molecular formula is C9H13N3O2S. The van der Waals surface area contributed by atoms with Crippen LogP contribution in [-0.2, 0) is 4.79 Å². The van der Waals surface area contributed by atoms with E-state index in [1.165, 1.54) is 11.3 Å². The first kappa shape index (κ1) is 10.5. The lowest BCUT2D eigenvalue weighted by Crippen LogP contribution is -2.47. The molecule has 0 saturated carbocycles. The van der Waals surface area contributed by atoms with Crippen LogP contribution in [0.5, 0.6) is 0 Å². The Hall–Kier alpha value is -0.980. The SMILES string of the molecule is O=C(O)C(c1nccs1)N1CCNCC1. The van der Waals surface area contributed by atoms with Crippen LogP contribution in [0.25, 0.3) is 0 Å². The van der Waals surface area contributed by atoms with Crippen molar-refractivity contribution in [1.82, 2.24) is 15.2 Å². The Morgan fingerprint density at radius 2 is 2.33 bits per heavy atom. The minimum Gasteiger partial charge on any atom is -0.480 e. The van der Waals surface area contributed by atoms with E-state index in [2.05, 4.69) is 10.3 Å². The lowest BCUT2D eigenvalue weighted by molar-refractivity contribution is -0.143. The smallest absolute Gasteiger partial charge is 0.328 e. The maximum atomic E-state index is 11.2. The van der Waals surface area contributed by atoms with Crippen molar-refractivity contribution < 1.29 is 9.90 Å². The molecule has 1 aromatic rings. The average Bonchev–Trinajstić information content (AvgIpc) is 2.72. The zero-order valence-corrected chi connectivity index (χ0v) is 9.04. The van der Waals surface area contributed by atoms with Crippen LogP contribution in [0.3, 0.4) is 0 Å². The number of carboxylic acids is 1. The highest BCUT2D eigenvalue weighted by atomic mass is 32.1. The molecule has 0 spiro atoms. The fourth-order valence-electron chi connectivity index (χ4n) is 1.73. The van der Waals surface area contributed by atoms with Crippen LogP contribution in [0, 0.1) is 0 Å². The number of hydrogen-bond acceptors (Lipinski definition) is 5. The molecule has 0 amide bonds. The maximum Gasteiger partial charge on any atom is 0.328 e. The maximum absolute atomic E-state index is 11.2. The number of rotatable bonds is 3. The third kappa shape index (κ3) is 2.34. The van der Waals surface area contributed by atoms with Crippen molar-refractivity contribution in [3.05, 3.63) is 16.6 Å². The van der Waals surface area contributed by atoms with Crippen molar-refractivity contribution in [2.45, 2.75) is 6.04 Å². The van der Waals surface area contributed by atoms with Crippen LogP contribution < -0.4 is 5.32 Å². The molecule has 1 atom stereocenters. The Balaban J connectivity index is 2.15. The van der Waals surface area contributed by atoms with E-state index in [1.807, 2.05) is 10.3 Å². The Bertz CT molecular complexity index is 322. The van der Waals surface area contributed by atoms with Crippen LogP contribution in [-0.4, -0.2) is 47.1 Å². The standard InChI is InChI=1S/C9H13N3O2S/c13-9(14)7(8-11-3-6-15-8)12-4-1-10-2-5-12/h3,6-7,10H,1-2,4-5H2,(H,13,14). The number of carbonyl (C=O) groups is 1. The van der Waals surface area contributed by atoms with Crippen molar-refractivity contribution >= 4 is 17.3 Å². The van der Waals surface area contributed by atoms with E-state index in [9.17, 15) is 9.90 Å². The number of nitrogens with one attached hydrogen (secondary N) is 1. The molecule has 82 valence electrons. The van der Waals surface area contributed by atoms with E-state index in [0.717, 1.165) is 26.2 Å². The third-order valence-electron chi connectivity index (χ3n) is 2.44. The Morgan fingerprint density at radius 1 is 1.60 bits per heavy atom. The van der Waals surface area contributed by atoms with Gasteiger partial charge < -0.3 is 10.4 Å². The molecule has 1 unspecified atom stereocenters. The molecule has 0 aliphatic carbocycles. The molecule has 1 aliphatic heterocycles. The van der Waals surface area contributed by atoms with Crippen molar-refractivity contribution in [2.24, 2.45) is 0 Å². The quantitative estimate of drug-likeness (QED) is 0.771. The fourth-order valence-corrected chi connectivity index (χ4v) is 2.49. The second-order valence-corrected chi connectivity index (χ2v) is 4.32. The summed E-state index contributed by atoms with van der Waals surface area (Å²) < 4.78 is 0. The zero-order valence-electron chi connectivity index (χ0n) is 8.22. The molecule has 2 heterocycles. The van der Waals surface area contributed by atoms with Gasteiger partial charge in [-0.1, -0.05) is 0 Å². The summed E-state index contributed by atoms with van der Waals surface area (Å²) in [5, 5.41) is 14.9. The van der Waals surface area contributed by atoms with Gasteiger partial charge >= 0.3 is 5.97 Å². The summed E-state index contributed by atoms with van der Waals surface area (Å²) in [7, 11) is 0. The second kappa shape index (κ2) is 4.69. The molecular weight excluding hydrogens is 214 g/mol. The van der Waals surface area contributed by atoms with Gasteiger partial charge in [0.15, 0.2) is 6.04 Å². The van der Waals surface area contributed by atoms with Gasteiger partial charge in [0.25, 0.3) is 0 Å². The summed E-state index contributed by atoms with van der Waals surface area (Å²) >= 11 is 1.40. The summed E-state index contributed by atoms with van der Waals surface area (Å²) in [6.07, 6.45) is 1.65. The Labute approximate surface area is 91.7 Å². The summed E-state index contributed by atoms with van der Waals surface area (Å²) in [6.45, 7) is 3.21. The lowest BCUT2D eigenvalue weighted by Gasteiger charge is -2.31. The van der Waals surface area contributed by atoms with Crippen molar-refractivity contribution in [1.29, 1.82) is 0 Å². The largest absolute Gasteiger partial charge is 0.480 e. The van der Waals surface area contributed by atoms with E-state index < -0.39 is 12.0 Å². The Morgan fingerprint density at radius 3 is 2.87 bits per heavy atom. The zero-order chi connectivity index (χ0) is 10.7. The van der Waals surface area contributed by atoms with Gasteiger partial charge in [0.1, 0.15) is 5.01 Å². The minimum atomic E-state index is -0.813. The van der Waals surface area contributed by atoms with Crippen LogP contribution in [0.15, 0.2) is 11.6 Å². The first-order valence-corrected chi connectivity index (χ1v) is 5.74. The molecule has 0 bridgehead atoms. The molecule has 1 aliphatic rings. The van der Waals surface area contributed by atoms with Crippen LogP contribution in [0.2, 0.25) is 0 Å². The van der Waals surface area contributed by atoms with Gasteiger partial charge in [-0.3, -0.25) is 9.69 Å². The van der Waals surface area contributed by atoms with E-state index in [0.29, 0.717) is 5.01 Å². The predicted octanol–water partition coefficient (Wildman–Crippen LogP) is 0.174. The topological polar surface area (TPSA) is 65.5 Å². The highest BCUT2D eigenvalue weighted by Crippen LogP contribution is 2.23. The summed E-state index contributed by atoms with van der Waals surface area (Å²) in [5.41, 5.74) is 0. The number of aromatic nitrogens is 1. The number of nitrogens with zero attached hydrogens (tertiary/aromatic N) is 2. The molecule has 0 aromatic carbocycles. The molecule has 6 heteroatoms. The highest BCUT2D eigenvalue weighted by molar-refractivity contribution is 7.09. The highest BCUT2D eigenvalue weighted by Gasteiger charge is 2.30. The molecule has 2 N–H and O–H groups in total. The van der Waals surface area contributed by atoms with Crippen LogP contribution in [0.4, 0.5) is 0 Å².